The van der Waals surface area contributed by atoms with Crippen molar-refractivity contribution in [3.05, 3.63) is 59.7 Å². The molecule has 0 aliphatic heterocycles. The summed E-state index contributed by atoms with van der Waals surface area (Å²) >= 11 is 0. The predicted octanol–water partition coefficient (Wildman–Crippen LogP) is 2.77. The van der Waals surface area contributed by atoms with Gasteiger partial charge in [0.05, 0.1) is 5.92 Å². The maximum absolute atomic E-state index is 12.2. The van der Waals surface area contributed by atoms with Gasteiger partial charge in [0.2, 0.25) is 5.91 Å². The number of hydrogen-bond donors (Lipinski definition) is 3. The first-order valence-corrected chi connectivity index (χ1v) is 10.5. The van der Waals surface area contributed by atoms with Crippen LogP contribution in [0.15, 0.2) is 48.5 Å². The number of nitrogens with one attached hydrogen (secondary N) is 2. The first-order chi connectivity index (χ1) is 15.4. The van der Waals surface area contributed by atoms with Crippen LogP contribution in [0, 0.1) is 5.92 Å². The van der Waals surface area contributed by atoms with Gasteiger partial charge in [-0.05, 0) is 22.3 Å². The summed E-state index contributed by atoms with van der Waals surface area (Å²) in [7, 11) is 1.39. The maximum Gasteiger partial charge on any atom is 0.407 e. The molecule has 0 heterocycles. The Morgan fingerprint density at radius 1 is 1.00 bits per heavy atom. The third kappa shape index (κ3) is 5.45. The zero-order valence-electron chi connectivity index (χ0n) is 18.2. The molecule has 2 aromatic carbocycles. The van der Waals surface area contributed by atoms with Crippen LogP contribution in [0.5, 0.6) is 0 Å². The van der Waals surface area contributed by atoms with Gasteiger partial charge in [0.1, 0.15) is 12.7 Å². The highest BCUT2D eigenvalue weighted by atomic mass is 16.5. The monoisotopic (exact) mass is 440 g/mol. The van der Waals surface area contributed by atoms with Gasteiger partial charge in [-0.25, -0.2) is 4.79 Å². The quantitative estimate of drug-likeness (QED) is 0.524. The topological polar surface area (TPSA) is 114 Å². The van der Waals surface area contributed by atoms with E-state index in [1.165, 1.54) is 14.0 Å². The zero-order chi connectivity index (χ0) is 23.1. The van der Waals surface area contributed by atoms with Gasteiger partial charge in [-0.3, -0.25) is 9.59 Å². The van der Waals surface area contributed by atoms with Crippen LogP contribution in [0.25, 0.3) is 11.1 Å². The third-order valence-corrected chi connectivity index (χ3v) is 5.60. The predicted molar refractivity (Wildman–Crippen MR) is 118 cm³/mol. The van der Waals surface area contributed by atoms with Gasteiger partial charge in [-0.15, -0.1) is 0 Å². The molecule has 3 rings (SSSR count). The number of aliphatic carboxylic acids is 1. The molecule has 0 radical (unpaired) electrons. The minimum atomic E-state index is -0.990. The molecular formula is C24H28N2O6. The van der Waals surface area contributed by atoms with Crippen LogP contribution in [-0.4, -0.2) is 56.0 Å². The number of carboxylic acids is 1. The molecular weight excluding hydrogens is 412 g/mol. The van der Waals surface area contributed by atoms with E-state index in [1.54, 1.807) is 0 Å². The van der Waals surface area contributed by atoms with Crippen molar-refractivity contribution in [2.24, 2.45) is 5.92 Å². The summed E-state index contributed by atoms with van der Waals surface area (Å²) in [6.45, 7) is 1.90. The van der Waals surface area contributed by atoms with Crippen molar-refractivity contribution in [1.29, 1.82) is 0 Å². The zero-order valence-corrected chi connectivity index (χ0v) is 18.2. The molecule has 2 aromatic rings. The number of rotatable bonds is 10. The van der Waals surface area contributed by atoms with Gasteiger partial charge in [-0.1, -0.05) is 55.5 Å². The normalized spacial score (nSPS) is 14.1. The Hall–Kier alpha value is -3.39. The summed E-state index contributed by atoms with van der Waals surface area (Å²) in [6.07, 6.45) is -1.14. The van der Waals surface area contributed by atoms with Crippen LogP contribution in [0.1, 0.15) is 30.4 Å². The highest BCUT2D eigenvalue weighted by Gasteiger charge is 2.29. The second-order valence-electron chi connectivity index (χ2n) is 7.75. The molecule has 1 aliphatic carbocycles. The number of ether oxygens (including phenoxy) is 2. The fraction of sp³-hybridized carbons (Fsp3) is 0.375. The fourth-order valence-electron chi connectivity index (χ4n) is 3.77. The van der Waals surface area contributed by atoms with E-state index in [0.29, 0.717) is 0 Å². The lowest BCUT2D eigenvalue weighted by molar-refractivity contribution is -0.141. The van der Waals surface area contributed by atoms with Crippen molar-refractivity contribution >= 4 is 18.0 Å². The van der Waals surface area contributed by atoms with Crippen LogP contribution in [0.4, 0.5) is 4.79 Å². The van der Waals surface area contributed by atoms with Crippen LogP contribution >= 0.6 is 0 Å². The summed E-state index contributed by atoms with van der Waals surface area (Å²) in [6, 6.07) is 16.2. The number of fused-ring (bicyclic) bond motifs is 3. The molecule has 0 spiro atoms. The second-order valence-corrected chi connectivity index (χ2v) is 7.75. The van der Waals surface area contributed by atoms with Crippen molar-refractivity contribution in [3.8, 4) is 11.1 Å². The van der Waals surface area contributed by atoms with E-state index < -0.39 is 30.0 Å². The molecule has 3 N–H and O–H groups in total. The lowest BCUT2D eigenvalue weighted by Gasteiger charge is -2.17. The van der Waals surface area contributed by atoms with Crippen molar-refractivity contribution in [3.63, 3.8) is 0 Å². The number of carbonyl (C=O) groups is 3. The molecule has 8 heteroatoms. The van der Waals surface area contributed by atoms with Crippen LogP contribution in [-0.2, 0) is 19.1 Å². The number of hydrogen-bond acceptors (Lipinski definition) is 5. The Labute approximate surface area is 186 Å². The largest absolute Gasteiger partial charge is 0.481 e. The van der Waals surface area contributed by atoms with Crippen molar-refractivity contribution in [1.82, 2.24) is 10.6 Å². The van der Waals surface area contributed by atoms with Gasteiger partial charge in [-0.2, -0.15) is 0 Å². The van der Waals surface area contributed by atoms with Crippen molar-refractivity contribution < 1.29 is 29.0 Å². The van der Waals surface area contributed by atoms with Gasteiger partial charge in [0.15, 0.2) is 0 Å². The van der Waals surface area contributed by atoms with Crippen molar-refractivity contribution in [2.75, 3.05) is 26.8 Å². The van der Waals surface area contributed by atoms with E-state index in [4.69, 9.17) is 14.6 Å². The molecule has 2 amide bonds. The number of benzene rings is 2. The standard InChI is InChI=1S/C24H28N2O6/c1-15(23(28)29)13-26-22(27)21(31-2)11-12-25-24(30)32-14-20-18-9-5-3-7-16(18)17-8-4-6-10-19(17)20/h3-10,15,20-21H,11-14H2,1-2H3,(H,25,30)(H,26,27)(H,28,29). The SMILES string of the molecule is COC(CCNC(=O)OCC1c2ccccc2-c2ccccc21)C(=O)NCC(C)C(=O)O. The Morgan fingerprint density at radius 3 is 2.16 bits per heavy atom. The third-order valence-electron chi connectivity index (χ3n) is 5.60. The smallest absolute Gasteiger partial charge is 0.407 e. The molecule has 32 heavy (non-hydrogen) atoms. The molecule has 2 unspecified atom stereocenters. The summed E-state index contributed by atoms with van der Waals surface area (Å²) in [5, 5.41) is 14.1. The Bertz CT molecular complexity index is 931. The lowest BCUT2D eigenvalue weighted by Crippen LogP contribution is -2.41. The van der Waals surface area contributed by atoms with Gasteiger partial charge < -0.3 is 25.2 Å². The number of amides is 2. The highest BCUT2D eigenvalue weighted by molar-refractivity contribution is 5.81. The van der Waals surface area contributed by atoms with Gasteiger partial charge >= 0.3 is 12.1 Å². The van der Waals surface area contributed by atoms with Crippen LogP contribution < -0.4 is 10.6 Å². The molecule has 8 nitrogen and oxygen atoms in total. The number of methoxy groups -OCH3 is 1. The Balaban J connectivity index is 1.46. The van der Waals surface area contributed by atoms with Crippen LogP contribution in [0.3, 0.4) is 0 Å². The maximum atomic E-state index is 12.2. The van der Waals surface area contributed by atoms with Gasteiger partial charge in [0.25, 0.3) is 0 Å². The summed E-state index contributed by atoms with van der Waals surface area (Å²) < 4.78 is 10.6. The molecule has 2 atom stereocenters. The first-order valence-electron chi connectivity index (χ1n) is 10.5. The highest BCUT2D eigenvalue weighted by Crippen LogP contribution is 2.44. The van der Waals surface area contributed by atoms with E-state index in [0.717, 1.165) is 22.3 Å². The van der Waals surface area contributed by atoms with E-state index in [-0.39, 0.29) is 32.0 Å². The molecule has 0 bridgehead atoms. The van der Waals surface area contributed by atoms with Crippen molar-refractivity contribution in [2.45, 2.75) is 25.4 Å². The van der Waals surface area contributed by atoms with E-state index in [1.807, 2.05) is 36.4 Å². The minimum absolute atomic E-state index is 0.00777. The summed E-state index contributed by atoms with van der Waals surface area (Å²) in [5.74, 6) is -2.14. The molecule has 0 saturated heterocycles. The molecule has 0 aromatic heterocycles. The minimum Gasteiger partial charge on any atom is -0.481 e. The average Bonchev–Trinajstić information content (AvgIpc) is 3.12. The van der Waals surface area contributed by atoms with Gasteiger partial charge in [0, 0.05) is 32.5 Å². The molecule has 0 saturated carbocycles. The fourth-order valence-corrected chi connectivity index (χ4v) is 3.77. The first kappa shape index (κ1) is 23.3. The molecule has 170 valence electrons. The summed E-state index contributed by atoms with van der Waals surface area (Å²) in [5.41, 5.74) is 4.58. The molecule has 1 aliphatic rings. The summed E-state index contributed by atoms with van der Waals surface area (Å²) in [4.78, 5) is 35.2. The number of alkyl carbamates (subject to hydrolysis) is 1. The van der Waals surface area contributed by atoms with E-state index in [2.05, 4.69) is 22.8 Å². The van der Waals surface area contributed by atoms with Crippen LogP contribution in [0.2, 0.25) is 0 Å². The second kappa shape index (κ2) is 10.8. The molecule has 0 fully saturated rings. The lowest BCUT2D eigenvalue weighted by atomic mass is 9.98. The average molecular weight is 440 g/mol. The van der Waals surface area contributed by atoms with E-state index in [9.17, 15) is 14.4 Å². The van der Waals surface area contributed by atoms with E-state index >= 15 is 0 Å². The number of carbonyl (C=O) groups excluding carboxylic acids is 2. The Kier molecular flexibility index (Phi) is 7.83. The Morgan fingerprint density at radius 2 is 1.59 bits per heavy atom. The number of carboxylic acid groups (broad SMARTS) is 1.